The van der Waals surface area contributed by atoms with Crippen LogP contribution in [0.4, 0.5) is 5.13 Å². The summed E-state index contributed by atoms with van der Waals surface area (Å²) in [7, 11) is 2.16. The Morgan fingerprint density at radius 1 is 1.36 bits per heavy atom. The van der Waals surface area contributed by atoms with Gasteiger partial charge >= 0.3 is 0 Å². The maximum atomic E-state index is 11.3. The standard InChI is InChI=1S/C15H20N4OS2/c1-11(20)16-15-17-14(12-4-3-9-21-12)13(22-15)10-19-7-5-18(2)6-8-19/h3-4,9H,5-8,10H2,1-2H3,(H,16,17,20). The van der Waals surface area contributed by atoms with Crippen LogP contribution in [0, 0.1) is 0 Å². The van der Waals surface area contributed by atoms with Crippen molar-refractivity contribution in [2.24, 2.45) is 0 Å². The van der Waals surface area contributed by atoms with Crippen LogP contribution < -0.4 is 5.32 Å². The average molecular weight is 336 g/mol. The Kier molecular flexibility index (Phi) is 4.87. The molecule has 2 aromatic heterocycles. The average Bonchev–Trinajstić information content (AvgIpc) is 3.10. The fourth-order valence-electron chi connectivity index (χ4n) is 2.48. The lowest BCUT2D eigenvalue weighted by atomic mass is 10.2. The van der Waals surface area contributed by atoms with Gasteiger partial charge in [0.25, 0.3) is 0 Å². The number of piperazine rings is 1. The molecule has 1 amide bonds. The van der Waals surface area contributed by atoms with Crippen molar-refractivity contribution in [3.63, 3.8) is 0 Å². The summed E-state index contributed by atoms with van der Waals surface area (Å²) in [6.45, 7) is 6.78. The van der Waals surface area contributed by atoms with Crippen molar-refractivity contribution in [3.05, 3.63) is 22.4 Å². The molecule has 0 atom stereocenters. The van der Waals surface area contributed by atoms with Crippen molar-refractivity contribution in [1.82, 2.24) is 14.8 Å². The molecule has 0 bridgehead atoms. The molecule has 0 saturated carbocycles. The van der Waals surface area contributed by atoms with Crippen molar-refractivity contribution >= 4 is 33.7 Å². The lowest BCUT2D eigenvalue weighted by Gasteiger charge is -2.32. The number of hydrogen-bond donors (Lipinski definition) is 1. The molecule has 0 aliphatic carbocycles. The van der Waals surface area contributed by atoms with E-state index in [1.54, 1.807) is 22.7 Å². The van der Waals surface area contributed by atoms with E-state index in [0.29, 0.717) is 5.13 Å². The third-order valence-corrected chi connectivity index (χ3v) is 5.53. The summed E-state index contributed by atoms with van der Waals surface area (Å²) in [4.78, 5) is 23.1. The summed E-state index contributed by atoms with van der Waals surface area (Å²) in [5.74, 6) is -0.0716. The number of rotatable bonds is 4. The molecular formula is C15H20N4OS2. The van der Waals surface area contributed by atoms with Crippen molar-refractivity contribution in [2.75, 3.05) is 38.5 Å². The fourth-order valence-corrected chi connectivity index (χ4v) is 4.35. The van der Waals surface area contributed by atoms with Gasteiger partial charge in [-0.15, -0.1) is 11.3 Å². The third kappa shape index (κ3) is 3.73. The molecule has 0 spiro atoms. The highest BCUT2D eigenvalue weighted by Gasteiger charge is 2.20. The molecule has 1 aliphatic rings. The molecule has 3 rings (SSSR count). The van der Waals surface area contributed by atoms with Crippen LogP contribution in [0.15, 0.2) is 17.5 Å². The number of carbonyl (C=O) groups excluding carboxylic acids is 1. The molecule has 0 aromatic carbocycles. The van der Waals surface area contributed by atoms with Gasteiger partial charge in [0.2, 0.25) is 5.91 Å². The van der Waals surface area contributed by atoms with Crippen molar-refractivity contribution in [3.8, 4) is 10.6 Å². The minimum atomic E-state index is -0.0716. The molecule has 1 fully saturated rings. The first-order chi connectivity index (χ1) is 10.6. The summed E-state index contributed by atoms with van der Waals surface area (Å²) in [6.07, 6.45) is 0. The first-order valence-electron chi connectivity index (χ1n) is 7.34. The minimum absolute atomic E-state index is 0.0716. The first-order valence-corrected chi connectivity index (χ1v) is 9.03. The van der Waals surface area contributed by atoms with Crippen LogP contribution in [0.1, 0.15) is 11.8 Å². The lowest BCUT2D eigenvalue weighted by molar-refractivity contribution is -0.114. The summed E-state index contributed by atoms with van der Waals surface area (Å²) < 4.78 is 0. The van der Waals surface area contributed by atoms with Crippen molar-refractivity contribution < 1.29 is 4.79 Å². The third-order valence-electron chi connectivity index (χ3n) is 3.70. The number of aromatic nitrogens is 1. The maximum absolute atomic E-state index is 11.3. The van der Waals surface area contributed by atoms with E-state index in [1.165, 1.54) is 11.8 Å². The summed E-state index contributed by atoms with van der Waals surface area (Å²) in [5.41, 5.74) is 1.02. The van der Waals surface area contributed by atoms with Gasteiger partial charge in [0.15, 0.2) is 5.13 Å². The molecule has 0 radical (unpaired) electrons. The number of thiazole rings is 1. The molecule has 3 heterocycles. The number of hydrogen-bond acceptors (Lipinski definition) is 6. The van der Waals surface area contributed by atoms with Gasteiger partial charge in [-0.25, -0.2) is 4.98 Å². The Morgan fingerprint density at radius 2 is 2.14 bits per heavy atom. The number of nitrogens with zero attached hydrogens (tertiary/aromatic N) is 3. The highest BCUT2D eigenvalue weighted by atomic mass is 32.1. The van der Waals surface area contributed by atoms with Crippen LogP contribution in [0.2, 0.25) is 0 Å². The lowest BCUT2D eigenvalue weighted by Crippen LogP contribution is -2.43. The van der Waals surface area contributed by atoms with Crippen LogP contribution >= 0.6 is 22.7 Å². The van der Waals surface area contributed by atoms with Gasteiger partial charge < -0.3 is 10.2 Å². The van der Waals surface area contributed by atoms with Gasteiger partial charge in [-0.3, -0.25) is 9.69 Å². The van der Waals surface area contributed by atoms with Crippen LogP contribution in [-0.2, 0) is 11.3 Å². The van der Waals surface area contributed by atoms with E-state index in [0.717, 1.165) is 43.3 Å². The second kappa shape index (κ2) is 6.87. The predicted molar refractivity (Wildman–Crippen MR) is 92.5 cm³/mol. The molecule has 1 saturated heterocycles. The Morgan fingerprint density at radius 3 is 2.77 bits per heavy atom. The number of thiophene rings is 1. The summed E-state index contributed by atoms with van der Waals surface area (Å²) in [5, 5.41) is 5.57. The van der Waals surface area contributed by atoms with E-state index in [2.05, 4.69) is 38.6 Å². The largest absolute Gasteiger partial charge is 0.304 e. The predicted octanol–water partition coefficient (Wildman–Crippen LogP) is 2.58. The zero-order valence-corrected chi connectivity index (χ0v) is 14.5. The summed E-state index contributed by atoms with van der Waals surface area (Å²) in [6, 6.07) is 4.13. The SMILES string of the molecule is CC(=O)Nc1nc(-c2cccs2)c(CN2CCN(C)CC2)s1. The zero-order valence-electron chi connectivity index (χ0n) is 12.8. The van der Waals surface area contributed by atoms with E-state index in [1.807, 2.05) is 6.07 Å². The molecular weight excluding hydrogens is 316 g/mol. The van der Waals surface area contributed by atoms with Gasteiger partial charge in [-0.2, -0.15) is 0 Å². The number of carbonyl (C=O) groups is 1. The highest BCUT2D eigenvalue weighted by Crippen LogP contribution is 2.34. The first kappa shape index (κ1) is 15.6. The highest BCUT2D eigenvalue weighted by molar-refractivity contribution is 7.17. The van der Waals surface area contributed by atoms with Gasteiger partial charge in [-0.05, 0) is 18.5 Å². The summed E-state index contributed by atoms with van der Waals surface area (Å²) >= 11 is 3.28. The molecule has 2 aromatic rings. The van der Waals surface area contributed by atoms with Crippen LogP contribution in [0.5, 0.6) is 0 Å². The van der Waals surface area contributed by atoms with Crippen molar-refractivity contribution in [1.29, 1.82) is 0 Å². The van der Waals surface area contributed by atoms with Gasteiger partial charge in [-0.1, -0.05) is 17.4 Å². The molecule has 1 aliphatic heterocycles. The Hall–Kier alpha value is -1.28. The fraction of sp³-hybridized carbons (Fsp3) is 0.467. The minimum Gasteiger partial charge on any atom is -0.304 e. The molecule has 5 nitrogen and oxygen atoms in total. The smallest absolute Gasteiger partial charge is 0.223 e. The second-order valence-electron chi connectivity index (χ2n) is 5.53. The number of anilines is 1. The second-order valence-corrected chi connectivity index (χ2v) is 7.56. The normalized spacial score (nSPS) is 16.8. The van der Waals surface area contributed by atoms with Gasteiger partial charge in [0, 0.05) is 44.5 Å². The number of amides is 1. The van der Waals surface area contributed by atoms with Gasteiger partial charge in [0.05, 0.1) is 10.6 Å². The molecule has 22 heavy (non-hydrogen) atoms. The number of nitrogens with one attached hydrogen (secondary N) is 1. The monoisotopic (exact) mass is 336 g/mol. The van der Waals surface area contributed by atoms with E-state index in [9.17, 15) is 4.79 Å². The van der Waals surface area contributed by atoms with Crippen molar-refractivity contribution in [2.45, 2.75) is 13.5 Å². The molecule has 1 N–H and O–H groups in total. The van der Waals surface area contributed by atoms with Crippen LogP contribution in [0.25, 0.3) is 10.6 Å². The van der Waals surface area contributed by atoms with Crippen LogP contribution in [0.3, 0.4) is 0 Å². The quantitative estimate of drug-likeness (QED) is 0.932. The topological polar surface area (TPSA) is 48.5 Å². The Labute approximate surface area is 138 Å². The molecule has 118 valence electrons. The Bertz CT molecular complexity index is 630. The maximum Gasteiger partial charge on any atom is 0.223 e. The Balaban J connectivity index is 1.81. The van der Waals surface area contributed by atoms with Crippen LogP contribution in [-0.4, -0.2) is 53.9 Å². The van der Waals surface area contributed by atoms with E-state index in [-0.39, 0.29) is 5.91 Å². The van der Waals surface area contributed by atoms with E-state index < -0.39 is 0 Å². The zero-order chi connectivity index (χ0) is 15.5. The molecule has 0 unspecified atom stereocenters. The van der Waals surface area contributed by atoms with E-state index in [4.69, 9.17) is 0 Å². The number of likely N-dealkylation sites (N-methyl/N-ethyl adjacent to an activating group) is 1. The van der Waals surface area contributed by atoms with Gasteiger partial charge in [0.1, 0.15) is 0 Å². The molecule has 7 heteroatoms. The van der Waals surface area contributed by atoms with E-state index >= 15 is 0 Å².